The van der Waals surface area contributed by atoms with Crippen molar-refractivity contribution in [2.24, 2.45) is 5.92 Å². The molecule has 1 fully saturated rings. The van der Waals surface area contributed by atoms with E-state index in [-0.39, 0.29) is 37.5 Å². The summed E-state index contributed by atoms with van der Waals surface area (Å²) in [5.74, 6) is 0.0957. The number of methoxy groups -OCH3 is 2. The minimum absolute atomic E-state index is 0.0575. The highest BCUT2D eigenvalue weighted by Gasteiger charge is 2.52. The van der Waals surface area contributed by atoms with E-state index in [1.807, 2.05) is 12.1 Å². The number of carbonyl (C=O) groups excluding carboxylic acids is 2. The molecule has 10 heteroatoms. The van der Waals surface area contributed by atoms with E-state index in [0.717, 1.165) is 43.5 Å². The van der Waals surface area contributed by atoms with E-state index in [1.54, 1.807) is 21.0 Å². The molecule has 2 N–H and O–H groups in total. The van der Waals surface area contributed by atoms with Crippen molar-refractivity contribution in [2.75, 3.05) is 34.1 Å². The molecule has 0 saturated carbocycles. The van der Waals surface area contributed by atoms with Crippen LogP contribution in [0.1, 0.15) is 63.0 Å². The number of esters is 2. The third-order valence-electron chi connectivity index (χ3n) is 8.52. The first-order chi connectivity index (χ1) is 18.5. The van der Waals surface area contributed by atoms with Crippen LogP contribution in [0, 0.1) is 5.92 Å². The number of ether oxygens (including phenoxy) is 5. The fourth-order valence-electron chi connectivity index (χ4n) is 6.48. The lowest BCUT2D eigenvalue weighted by molar-refractivity contribution is -0.180. The molecule has 4 aliphatic rings. The van der Waals surface area contributed by atoms with Crippen LogP contribution in [0.2, 0.25) is 0 Å². The molecule has 0 unspecified atom stereocenters. The van der Waals surface area contributed by atoms with Crippen LogP contribution in [0.4, 0.5) is 0 Å². The van der Waals surface area contributed by atoms with Gasteiger partial charge in [-0.25, -0.2) is 4.79 Å². The second-order valence-corrected chi connectivity index (χ2v) is 11.7. The second-order valence-electron chi connectivity index (χ2n) is 11.7. The fraction of sp³-hybridized carbons (Fsp3) is 0.655. The number of aliphatic hydroxyl groups is 2. The van der Waals surface area contributed by atoms with Crippen molar-refractivity contribution in [2.45, 2.75) is 81.6 Å². The molecule has 0 spiro atoms. The molecule has 5 rings (SSSR count). The highest BCUT2D eigenvalue weighted by molar-refractivity contribution is 5.86. The molecule has 0 aromatic heterocycles. The first-order valence-corrected chi connectivity index (χ1v) is 13.7. The Labute approximate surface area is 228 Å². The summed E-state index contributed by atoms with van der Waals surface area (Å²) in [4.78, 5) is 28.5. The fourth-order valence-corrected chi connectivity index (χ4v) is 6.48. The highest BCUT2D eigenvalue weighted by atomic mass is 16.7. The summed E-state index contributed by atoms with van der Waals surface area (Å²) in [7, 11) is 2.75. The van der Waals surface area contributed by atoms with E-state index in [4.69, 9.17) is 23.7 Å². The van der Waals surface area contributed by atoms with Crippen LogP contribution in [0.3, 0.4) is 0 Å². The van der Waals surface area contributed by atoms with Gasteiger partial charge in [-0.1, -0.05) is 0 Å². The smallest absolute Gasteiger partial charge is 0.339 e. The molecular weight excluding hydrogens is 506 g/mol. The van der Waals surface area contributed by atoms with E-state index in [1.165, 1.54) is 7.11 Å². The molecule has 39 heavy (non-hydrogen) atoms. The van der Waals surface area contributed by atoms with Gasteiger partial charge in [-0.2, -0.15) is 0 Å². The molecule has 1 saturated heterocycles. The molecule has 5 atom stereocenters. The number of benzene rings is 1. The van der Waals surface area contributed by atoms with Crippen LogP contribution < -0.4 is 9.47 Å². The van der Waals surface area contributed by atoms with Crippen molar-refractivity contribution < 1.29 is 43.5 Å². The Balaban J connectivity index is 1.55. The molecule has 3 aliphatic heterocycles. The maximum Gasteiger partial charge on any atom is 0.339 e. The van der Waals surface area contributed by atoms with Crippen molar-refractivity contribution in [1.82, 2.24) is 4.90 Å². The molecule has 0 amide bonds. The number of hydrogen-bond acceptors (Lipinski definition) is 10. The Morgan fingerprint density at radius 2 is 1.85 bits per heavy atom. The van der Waals surface area contributed by atoms with Gasteiger partial charge >= 0.3 is 11.9 Å². The van der Waals surface area contributed by atoms with Gasteiger partial charge in [-0.15, -0.1) is 0 Å². The summed E-state index contributed by atoms with van der Waals surface area (Å²) in [6.07, 6.45) is 3.38. The number of fused-ring (bicyclic) bond motifs is 3. The average molecular weight is 546 g/mol. The summed E-state index contributed by atoms with van der Waals surface area (Å²) in [6.45, 7) is 5.11. The van der Waals surface area contributed by atoms with E-state index in [2.05, 4.69) is 11.0 Å². The Bertz CT molecular complexity index is 1140. The number of piperidine rings is 1. The van der Waals surface area contributed by atoms with Gasteiger partial charge in [-0.3, -0.25) is 9.69 Å². The zero-order valence-electron chi connectivity index (χ0n) is 23.1. The number of nitrogens with zero attached hydrogens (tertiary/aromatic N) is 1. The van der Waals surface area contributed by atoms with Gasteiger partial charge in [0.1, 0.15) is 5.76 Å². The Kier molecular flexibility index (Phi) is 7.56. The van der Waals surface area contributed by atoms with Crippen LogP contribution >= 0.6 is 0 Å². The first-order valence-electron chi connectivity index (χ1n) is 13.7. The van der Waals surface area contributed by atoms with Gasteiger partial charge in [0.2, 0.25) is 6.79 Å². The average Bonchev–Trinajstić information content (AvgIpc) is 3.30. The standard InChI is InChI=1S/C29H39NO9/c1-28(2,33)8-9-29(34,15-23(31)36-4)27(32)39-26-22(35-3)13-18-6-5-10-30-11-7-17-12-20-21(38-16-37-20)14-19(17)24(26)25(18)30/h12-14,18,24-26,33-34H,5-11,15-16H2,1-4H3/t18-,24+,25+,26-,29-/m1/s1. The van der Waals surface area contributed by atoms with Crippen LogP contribution in [0.25, 0.3) is 0 Å². The zero-order valence-corrected chi connectivity index (χ0v) is 23.1. The molecule has 0 radical (unpaired) electrons. The van der Waals surface area contributed by atoms with Gasteiger partial charge < -0.3 is 33.9 Å². The normalized spacial score (nSPS) is 27.3. The van der Waals surface area contributed by atoms with E-state index in [9.17, 15) is 19.8 Å². The number of carbonyl (C=O) groups is 2. The lowest BCUT2D eigenvalue weighted by atomic mass is 9.71. The van der Waals surface area contributed by atoms with Crippen molar-refractivity contribution in [3.05, 3.63) is 35.1 Å². The van der Waals surface area contributed by atoms with Gasteiger partial charge in [0.25, 0.3) is 0 Å². The lowest BCUT2D eigenvalue weighted by Crippen LogP contribution is -2.55. The molecule has 1 aromatic carbocycles. The van der Waals surface area contributed by atoms with E-state index >= 15 is 0 Å². The molecule has 0 bridgehead atoms. The molecule has 214 valence electrons. The van der Waals surface area contributed by atoms with Gasteiger partial charge in [0.15, 0.2) is 23.2 Å². The van der Waals surface area contributed by atoms with Gasteiger partial charge in [0.05, 0.1) is 26.2 Å². The summed E-state index contributed by atoms with van der Waals surface area (Å²) in [5, 5.41) is 21.8. The second kappa shape index (κ2) is 10.6. The minimum Gasteiger partial charge on any atom is -0.497 e. The third-order valence-corrected chi connectivity index (χ3v) is 8.52. The third kappa shape index (κ3) is 5.47. The molecule has 1 aromatic rings. The summed E-state index contributed by atoms with van der Waals surface area (Å²) in [5.41, 5.74) is -1.24. The van der Waals surface area contributed by atoms with E-state index in [0.29, 0.717) is 17.3 Å². The lowest BCUT2D eigenvalue weighted by Gasteiger charge is -2.48. The van der Waals surface area contributed by atoms with Crippen LogP contribution in [0.5, 0.6) is 11.5 Å². The molecule has 3 heterocycles. The van der Waals surface area contributed by atoms with Crippen molar-refractivity contribution in [3.8, 4) is 11.5 Å². The maximum atomic E-state index is 13.8. The minimum atomic E-state index is -2.18. The summed E-state index contributed by atoms with van der Waals surface area (Å²) in [6, 6.07) is 4.07. The monoisotopic (exact) mass is 545 g/mol. The van der Waals surface area contributed by atoms with Gasteiger partial charge in [0, 0.05) is 18.5 Å². The Morgan fingerprint density at radius 1 is 1.10 bits per heavy atom. The maximum absolute atomic E-state index is 13.8. The predicted molar refractivity (Wildman–Crippen MR) is 139 cm³/mol. The quantitative estimate of drug-likeness (QED) is 0.471. The first kappa shape index (κ1) is 27.7. The SMILES string of the molecule is COC(=O)C[C@](O)(CCC(C)(C)O)C(=O)O[C@@H]1C(OC)=C[C@H]2CCCN3CCc4cc5c(cc4[C@H]1[C@H]23)OCO5. The van der Waals surface area contributed by atoms with Crippen molar-refractivity contribution in [3.63, 3.8) is 0 Å². The molecule has 10 nitrogen and oxygen atoms in total. The van der Waals surface area contributed by atoms with Crippen molar-refractivity contribution in [1.29, 1.82) is 0 Å². The topological polar surface area (TPSA) is 124 Å². The van der Waals surface area contributed by atoms with E-state index < -0.39 is 35.7 Å². The van der Waals surface area contributed by atoms with Crippen LogP contribution in [0.15, 0.2) is 24.0 Å². The van der Waals surface area contributed by atoms with Crippen molar-refractivity contribution >= 4 is 11.9 Å². The summed E-state index contributed by atoms with van der Waals surface area (Å²) < 4.78 is 28.1. The van der Waals surface area contributed by atoms with Crippen LogP contribution in [-0.2, 0) is 30.2 Å². The zero-order chi connectivity index (χ0) is 27.9. The number of hydrogen-bond donors (Lipinski definition) is 2. The predicted octanol–water partition coefficient (Wildman–Crippen LogP) is 2.44. The Hall–Kier alpha value is -2.82. The van der Waals surface area contributed by atoms with Gasteiger partial charge in [-0.05, 0) is 87.7 Å². The molecular formula is C29H39NO9. The van der Waals surface area contributed by atoms with Crippen LogP contribution in [-0.4, -0.2) is 84.5 Å². The summed E-state index contributed by atoms with van der Waals surface area (Å²) >= 11 is 0. The molecule has 1 aliphatic carbocycles. The largest absolute Gasteiger partial charge is 0.497 e. The Morgan fingerprint density at radius 3 is 2.54 bits per heavy atom. The highest BCUT2D eigenvalue weighted by Crippen LogP contribution is 2.49. The number of rotatable bonds is 8.